The zero-order valence-corrected chi connectivity index (χ0v) is 23.2. The van der Waals surface area contributed by atoms with Crippen molar-refractivity contribution in [3.05, 3.63) is 0 Å². The highest BCUT2D eigenvalue weighted by atomic mass is 16.4. The smallest absolute Gasteiger partial charge is 0.359 e. The lowest BCUT2D eigenvalue weighted by Crippen LogP contribution is -2.49. The molecule has 0 aliphatic carbocycles. The van der Waals surface area contributed by atoms with Crippen molar-refractivity contribution in [2.45, 2.75) is 117 Å². The maximum Gasteiger partial charge on any atom is 0.359 e. The summed E-state index contributed by atoms with van der Waals surface area (Å²) in [4.78, 5) is 22.8. The van der Waals surface area contributed by atoms with E-state index in [1.165, 1.54) is 64.2 Å². The van der Waals surface area contributed by atoms with Crippen LogP contribution in [-0.2, 0) is 9.59 Å². The van der Waals surface area contributed by atoms with E-state index in [1.807, 2.05) is 0 Å². The third-order valence-corrected chi connectivity index (χ3v) is 7.28. The molecular weight excluding hydrogens is 428 g/mol. The Kier molecular flexibility index (Phi) is 19.4. The van der Waals surface area contributed by atoms with Gasteiger partial charge in [0.1, 0.15) is 0 Å². The van der Waals surface area contributed by atoms with Crippen LogP contribution in [0.5, 0.6) is 0 Å². The summed E-state index contributed by atoms with van der Waals surface area (Å²) in [6.07, 6.45) is 19.1. The average molecular weight is 487 g/mol. The predicted molar refractivity (Wildman–Crippen MR) is 142 cm³/mol. The molecule has 0 aromatic rings. The second-order valence-electron chi connectivity index (χ2n) is 11.2. The first-order valence-electron chi connectivity index (χ1n) is 14.3. The Labute approximate surface area is 210 Å². The van der Waals surface area contributed by atoms with Crippen molar-refractivity contribution >= 4 is 11.9 Å². The average Bonchev–Trinajstić information content (AvgIpc) is 2.74. The highest BCUT2D eigenvalue weighted by Gasteiger charge is 2.26. The van der Waals surface area contributed by atoms with E-state index >= 15 is 0 Å². The van der Waals surface area contributed by atoms with Gasteiger partial charge in [-0.1, -0.05) is 65.2 Å². The quantitative estimate of drug-likeness (QED) is 0.117. The van der Waals surface area contributed by atoms with Gasteiger partial charge in [-0.3, -0.25) is 0 Å². The lowest BCUT2D eigenvalue weighted by atomic mass is 10.1. The molecule has 0 spiro atoms. The third kappa shape index (κ3) is 19.2. The van der Waals surface area contributed by atoms with Gasteiger partial charge in [0.25, 0.3) is 0 Å². The monoisotopic (exact) mass is 486 g/mol. The van der Waals surface area contributed by atoms with Gasteiger partial charge in [0.05, 0.1) is 40.3 Å². The second kappa shape index (κ2) is 20.1. The van der Waals surface area contributed by atoms with Crippen LogP contribution in [0.1, 0.15) is 117 Å². The van der Waals surface area contributed by atoms with Crippen LogP contribution in [0.15, 0.2) is 0 Å². The van der Waals surface area contributed by atoms with Crippen molar-refractivity contribution in [3.63, 3.8) is 0 Å². The fourth-order valence-corrected chi connectivity index (χ4v) is 5.08. The summed E-state index contributed by atoms with van der Waals surface area (Å²) in [6, 6.07) is 0. The van der Waals surface area contributed by atoms with Crippen LogP contribution < -0.4 is 0 Å². The molecule has 6 heteroatoms. The minimum atomic E-state index is -0.704. The number of carboxylic acid groups (broad SMARTS) is 2. The number of unbranched alkanes of at least 4 members (excludes halogenated alkanes) is 13. The number of quaternary nitrogens is 2. The molecule has 0 aromatic carbocycles. The Morgan fingerprint density at radius 1 is 0.471 bits per heavy atom. The molecular formula is C28H58N2O4+2. The summed E-state index contributed by atoms with van der Waals surface area (Å²) in [5, 5.41) is 18.8. The van der Waals surface area contributed by atoms with Gasteiger partial charge >= 0.3 is 11.9 Å². The zero-order valence-electron chi connectivity index (χ0n) is 23.2. The van der Waals surface area contributed by atoms with E-state index in [0.717, 1.165) is 64.7 Å². The Hall–Kier alpha value is -1.14. The first kappa shape index (κ1) is 32.9. The minimum Gasteiger partial charge on any atom is -0.477 e. The molecule has 34 heavy (non-hydrogen) atoms. The summed E-state index contributed by atoms with van der Waals surface area (Å²) >= 11 is 0. The van der Waals surface area contributed by atoms with Crippen LogP contribution in [0.4, 0.5) is 0 Å². The number of hydrogen-bond acceptors (Lipinski definition) is 2. The van der Waals surface area contributed by atoms with Crippen molar-refractivity contribution < 1.29 is 28.8 Å². The molecule has 2 atom stereocenters. The molecule has 2 unspecified atom stereocenters. The molecule has 0 heterocycles. The Bertz CT molecular complexity index is 483. The van der Waals surface area contributed by atoms with Crippen molar-refractivity contribution in [2.24, 2.45) is 0 Å². The van der Waals surface area contributed by atoms with Gasteiger partial charge in [-0.2, -0.15) is 0 Å². The standard InChI is InChI=1S/C28H56N2O4/c1-5-7-9-11-13-17-21-29(3,25-27(31)32)23-19-15-16-20-24-30(4,26-28(33)34)22-18-14-12-10-8-6-2/h5-26H2,1-4H3/p+2. The third-order valence-electron chi connectivity index (χ3n) is 7.28. The molecule has 2 N–H and O–H groups in total. The first-order chi connectivity index (χ1) is 16.2. The fourth-order valence-electron chi connectivity index (χ4n) is 5.08. The number of aliphatic carboxylic acids is 2. The summed E-state index contributed by atoms with van der Waals surface area (Å²) in [5.74, 6) is -1.41. The van der Waals surface area contributed by atoms with Crippen LogP contribution in [-0.4, -0.2) is 84.5 Å². The molecule has 0 radical (unpaired) electrons. The Morgan fingerprint density at radius 3 is 0.941 bits per heavy atom. The van der Waals surface area contributed by atoms with Crippen molar-refractivity contribution in [2.75, 3.05) is 53.4 Å². The van der Waals surface area contributed by atoms with Gasteiger partial charge in [0.15, 0.2) is 13.1 Å². The maximum atomic E-state index is 11.4. The molecule has 0 fully saturated rings. The van der Waals surface area contributed by atoms with Gasteiger partial charge < -0.3 is 19.2 Å². The van der Waals surface area contributed by atoms with E-state index in [0.29, 0.717) is 8.97 Å². The normalized spacial score (nSPS) is 15.1. The molecule has 0 aliphatic heterocycles. The Balaban J connectivity index is 4.31. The first-order valence-corrected chi connectivity index (χ1v) is 14.3. The predicted octanol–water partition coefficient (Wildman–Crippen LogP) is 6.33. The molecule has 0 saturated carbocycles. The van der Waals surface area contributed by atoms with Crippen molar-refractivity contribution in [1.29, 1.82) is 0 Å². The Morgan fingerprint density at radius 2 is 0.706 bits per heavy atom. The van der Waals surface area contributed by atoms with E-state index in [4.69, 9.17) is 0 Å². The molecule has 202 valence electrons. The van der Waals surface area contributed by atoms with Crippen LogP contribution in [0, 0.1) is 0 Å². The van der Waals surface area contributed by atoms with Gasteiger partial charge in [-0.05, 0) is 51.4 Å². The molecule has 0 rings (SSSR count). The lowest BCUT2D eigenvalue weighted by molar-refractivity contribution is -0.903. The minimum absolute atomic E-state index is 0.209. The van der Waals surface area contributed by atoms with Gasteiger partial charge in [-0.15, -0.1) is 0 Å². The van der Waals surface area contributed by atoms with Crippen LogP contribution >= 0.6 is 0 Å². The number of nitrogens with zero attached hydrogens (tertiary/aromatic N) is 2. The van der Waals surface area contributed by atoms with Gasteiger partial charge in [0.2, 0.25) is 0 Å². The number of hydrogen-bond donors (Lipinski definition) is 2. The molecule has 0 amide bonds. The van der Waals surface area contributed by atoms with E-state index < -0.39 is 11.9 Å². The fraction of sp³-hybridized carbons (Fsp3) is 0.929. The molecule has 0 saturated heterocycles. The highest BCUT2D eigenvalue weighted by Crippen LogP contribution is 2.15. The summed E-state index contributed by atoms with van der Waals surface area (Å²) in [5.41, 5.74) is 0. The van der Waals surface area contributed by atoms with E-state index in [1.54, 1.807) is 0 Å². The lowest BCUT2D eigenvalue weighted by Gasteiger charge is -2.34. The largest absolute Gasteiger partial charge is 0.477 e. The summed E-state index contributed by atoms with van der Waals surface area (Å²) in [7, 11) is 4.20. The number of carbonyl (C=O) groups is 2. The van der Waals surface area contributed by atoms with Crippen LogP contribution in [0.2, 0.25) is 0 Å². The maximum absolute atomic E-state index is 11.4. The van der Waals surface area contributed by atoms with Crippen molar-refractivity contribution in [3.8, 4) is 0 Å². The van der Waals surface area contributed by atoms with Gasteiger partial charge in [0, 0.05) is 0 Å². The second-order valence-corrected chi connectivity index (χ2v) is 11.2. The van der Waals surface area contributed by atoms with Gasteiger partial charge in [-0.25, -0.2) is 9.59 Å². The van der Waals surface area contributed by atoms with Crippen LogP contribution in [0.25, 0.3) is 0 Å². The topological polar surface area (TPSA) is 74.6 Å². The number of rotatable bonds is 25. The highest BCUT2D eigenvalue weighted by molar-refractivity contribution is 5.68. The SMILES string of the molecule is CCCCCCCC[N+](C)(CCCCCC[N+](C)(CCCCCCCC)CC(=O)O)CC(=O)O. The van der Waals surface area contributed by atoms with E-state index in [9.17, 15) is 19.8 Å². The molecule has 0 aliphatic rings. The van der Waals surface area contributed by atoms with E-state index in [2.05, 4.69) is 27.9 Å². The van der Waals surface area contributed by atoms with Crippen LogP contribution in [0.3, 0.4) is 0 Å². The summed E-state index contributed by atoms with van der Waals surface area (Å²) in [6.45, 7) is 8.60. The van der Waals surface area contributed by atoms with E-state index in [-0.39, 0.29) is 13.1 Å². The number of likely N-dealkylation sites (N-methyl/N-ethyl adjacent to an activating group) is 2. The number of carboxylic acids is 2. The summed E-state index contributed by atoms with van der Waals surface area (Å²) < 4.78 is 1.27. The molecule has 0 aromatic heterocycles. The molecule has 6 nitrogen and oxygen atoms in total. The molecule has 0 bridgehead atoms. The van der Waals surface area contributed by atoms with Crippen molar-refractivity contribution in [1.82, 2.24) is 0 Å². The zero-order chi connectivity index (χ0) is 25.7.